The maximum Gasteiger partial charge on any atom is 0.123 e. The van der Waals surface area contributed by atoms with Gasteiger partial charge < -0.3 is 5.11 Å². The standard InChI is InChI=1S/C17H27NO/c1-8-9-18-12-10-13(16(2,3)4)15(19)14(11-12)17(5,6)7/h9-11,19H,8H2,1-7H3. The molecule has 1 aromatic carbocycles. The van der Waals surface area contributed by atoms with Gasteiger partial charge in [0, 0.05) is 17.3 Å². The van der Waals surface area contributed by atoms with Gasteiger partial charge in [-0.15, -0.1) is 0 Å². The third kappa shape index (κ3) is 3.82. The van der Waals surface area contributed by atoms with Gasteiger partial charge >= 0.3 is 0 Å². The first-order valence-corrected chi connectivity index (χ1v) is 6.98. The Morgan fingerprint density at radius 1 is 1.00 bits per heavy atom. The van der Waals surface area contributed by atoms with E-state index in [-0.39, 0.29) is 10.8 Å². The molecule has 19 heavy (non-hydrogen) atoms. The molecule has 1 rings (SSSR count). The van der Waals surface area contributed by atoms with E-state index >= 15 is 0 Å². The molecule has 0 aromatic heterocycles. The SMILES string of the molecule is CCC=Nc1cc(C(C)(C)C)c(O)c(C(C)(C)C)c1. The van der Waals surface area contributed by atoms with Gasteiger partial charge in [0.05, 0.1) is 5.69 Å². The molecular weight excluding hydrogens is 234 g/mol. The number of hydrogen-bond donors (Lipinski definition) is 1. The van der Waals surface area contributed by atoms with Crippen LogP contribution in [0.3, 0.4) is 0 Å². The van der Waals surface area contributed by atoms with Crippen molar-refractivity contribution in [3.05, 3.63) is 23.3 Å². The van der Waals surface area contributed by atoms with Gasteiger partial charge in [-0.1, -0.05) is 48.5 Å². The van der Waals surface area contributed by atoms with Crippen molar-refractivity contribution in [2.24, 2.45) is 4.99 Å². The fraction of sp³-hybridized carbons (Fsp3) is 0.588. The van der Waals surface area contributed by atoms with Crippen LogP contribution in [0.15, 0.2) is 17.1 Å². The van der Waals surface area contributed by atoms with Crippen LogP contribution in [0.1, 0.15) is 66.0 Å². The zero-order valence-corrected chi connectivity index (χ0v) is 13.3. The summed E-state index contributed by atoms with van der Waals surface area (Å²) in [6.45, 7) is 14.7. The van der Waals surface area contributed by atoms with Gasteiger partial charge in [-0.3, -0.25) is 4.99 Å². The zero-order chi connectivity index (χ0) is 14.8. The highest BCUT2D eigenvalue weighted by molar-refractivity contribution is 5.65. The van der Waals surface area contributed by atoms with Crippen molar-refractivity contribution in [3.8, 4) is 5.75 Å². The third-order valence-corrected chi connectivity index (χ3v) is 3.13. The highest BCUT2D eigenvalue weighted by Gasteiger charge is 2.26. The quantitative estimate of drug-likeness (QED) is 0.738. The van der Waals surface area contributed by atoms with Crippen LogP contribution in [0.4, 0.5) is 5.69 Å². The number of rotatable bonds is 2. The second-order valence-corrected chi connectivity index (χ2v) is 7.11. The molecule has 0 heterocycles. The average Bonchev–Trinajstić information content (AvgIpc) is 2.24. The van der Waals surface area contributed by atoms with Crippen molar-refractivity contribution < 1.29 is 5.11 Å². The molecule has 0 aliphatic rings. The second kappa shape index (κ2) is 5.36. The van der Waals surface area contributed by atoms with Crippen molar-refractivity contribution in [2.75, 3.05) is 0 Å². The molecule has 2 heteroatoms. The molecule has 0 aliphatic carbocycles. The first-order chi connectivity index (χ1) is 8.57. The summed E-state index contributed by atoms with van der Waals surface area (Å²) in [7, 11) is 0. The smallest absolute Gasteiger partial charge is 0.123 e. The summed E-state index contributed by atoms with van der Waals surface area (Å²) in [4.78, 5) is 4.48. The molecule has 0 spiro atoms. The average molecular weight is 261 g/mol. The van der Waals surface area contributed by atoms with Crippen molar-refractivity contribution in [1.29, 1.82) is 0 Å². The minimum atomic E-state index is -0.0954. The lowest BCUT2D eigenvalue weighted by Gasteiger charge is -2.27. The number of nitrogens with zero attached hydrogens (tertiary/aromatic N) is 1. The van der Waals surface area contributed by atoms with Gasteiger partial charge in [0.1, 0.15) is 5.75 Å². The lowest BCUT2D eigenvalue weighted by Crippen LogP contribution is -2.16. The largest absolute Gasteiger partial charge is 0.507 e. The van der Waals surface area contributed by atoms with Crippen LogP contribution in [0.5, 0.6) is 5.75 Å². The first kappa shape index (κ1) is 15.7. The van der Waals surface area contributed by atoms with Gasteiger partial charge in [0.15, 0.2) is 0 Å². The summed E-state index contributed by atoms with van der Waals surface area (Å²) in [6, 6.07) is 3.99. The summed E-state index contributed by atoms with van der Waals surface area (Å²) in [5, 5.41) is 10.6. The number of phenols is 1. The number of benzene rings is 1. The number of aromatic hydroxyl groups is 1. The van der Waals surface area contributed by atoms with E-state index in [2.05, 4.69) is 53.5 Å². The normalized spacial score (nSPS) is 13.2. The van der Waals surface area contributed by atoms with E-state index in [1.165, 1.54) is 0 Å². The Morgan fingerprint density at radius 3 is 1.74 bits per heavy atom. The van der Waals surface area contributed by atoms with E-state index < -0.39 is 0 Å². The summed E-state index contributed by atoms with van der Waals surface area (Å²) >= 11 is 0. The third-order valence-electron chi connectivity index (χ3n) is 3.13. The van der Waals surface area contributed by atoms with Crippen LogP contribution in [0.2, 0.25) is 0 Å². The van der Waals surface area contributed by atoms with Crippen molar-refractivity contribution in [1.82, 2.24) is 0 Å². The molecule has 0 saturated carbocycles. The molecule has 0 radical (unpaired) electrons. The van der Waals surface area contributed by atoms with Crippen molar-refractivity contribution >= 4 is 11.9 Å². The Labute approximate surface area is 117 Å². The second-order valence-electron chi connectivity index (χ2n) is 7.11. The minimum absolute atomic E-state index is 0.0954. The van der Waals surface area contributed by atoms with Crippen LogP contribution in [-0.2, 0) is 10.8 Å². The summed E-state index contributed by atoms with van der Waals surface area (Å²) < 4.78 is 0. The molecule has 106 valence electrons. The Balaban J connectivity index is 3.52. The Kier molecular flexibility index (Phi) is 4.44. The maximum absolute atomic E-state index is 10.6. The fourth-order valence-electron chi connectivity index (χ4n) is 2.03. The van der Waals surface area contributed by atoms with Crippen LogP contribution >= 0.6 is 0 Å². The molecule has 2 nitrogen and oxygen atoms in total. The van der Waals surface area contributed by atoms with Crippen LogP contribution < -0.4 is 0 Å². The van der Waals surface area contributed by atoms with Gasteiger partial charge in [0.2, 0.25) is 0 Å². The highest BCUT2D eigenvalue weighted by Crippen LogP contribution is 2.41. The van der Waals surface area contributed by atoms with Crippen LogP contribution in [0.25, 0.3) is 0 Å². The number of hydrogen-bond acceptors (Lipinski definition) is 2. The van der Waals surface area contributed by atoms with Gasteiger partial charge in [-0.2, -0.15) is 0 Å². The van der Waals surface area contributed by atoms with E-state index in [0.29, 0.717) is 5.75 Å². The minimum Gasteiger partial charge on any atom is -0.507 e. The van der Waals surface area contributed by atoms with Gasteiger partial charge in [-0.05, 0) is 29.4 Å². The molecular formula is C17H27NO. The predicted molar refractivity (Wildman–Crippen MR) is 83.9 cm³/mol. The van der Waals surface area contributed by atoms with E-state index in [0.717, 1.165) is 23.2 Å². The Hall–Kier alpha value is -1.31. The van der Waals surface area contributed by atoms with Crippen LogP contribution in [-0.4, -0.2) is 11.3 Å². The highest BCUT2D eigenvalue weighted by atomic mass is 16.3. The van der Waals surface area contributed by atoms with E-state index in [1.807, 2.05) is 18.3 Å². The molecule has 1 N–H and O–H groups in total. The van der Waals surface area contributed by atoms with Gasteiger partial charge in [-0.25, -0.2) is 0 Å². The molecule has 0 bridgehead atoms. The van der Waals surface area contributed by atoms with Gasteiger partial charge in [0.25, 0.3) is 0 Å². The molecule has 0 aliphatic heterocycles. The summed E-state index contributed by atoms with van der Waals surface area (Å²) in [6.07, 6.45) is 2.82. The molecule has 0 saturated heterocycles. The number of phenolic OH excluding ortho intramolecular Hbond substituents is 1. The molecule has 0 atom stereocenters. The van der Waals surface area contributed by atoms with E-state index in [4.69, 9.17) is 0 Å². The van der Waals surface area contributed by atoms with Crippen molar-refractivity contribution in [2.45, 2.75) is 65.7 Å². The van der Waals surface area contributed by atoms with E-state index in [9.17, 15) is 5.11 Å². The molecule has 0 unspecified atom stereocenters. The monoisotopic (exact) mass is 261 g/mol. The Bertz CT molecular complexity index is 438. The van der Waals surface area contributed by atoms with E-state index in [1.54, 1.807) is 0 Å². The topological polar surface area (TPSA) is 32.6 Å². The summed E-state index contributed by atoms with van der Waals surface area (Å²) in [5.41, 5.74) is 2.66. The van der Waals surface area contributed by atoms with Crippen LogP contribution in [0, 0.1) is 0 Å². The molecule has 1 aromatic rings. The van der Waals surface area contributed by atoms with Crippen molar-refractivity contribution in [3.63, 3.8) is 0 Å². The Morgan fingerprint density at radius 2 is 1.42 bits per heavy atom. The summed E-state index contributed by atoms with van der Waals surface area (Å²) in [5.74, 6) is 0.412. The molecule has 0 amide bonds. The maximum atomic E-state index is 10.6. The zero-order valence-electron chi connectivity index (χ0n) is 13.3. The first-order valence-electron chi connectivity index (χ1n) is 6.98. The number of aliphatic imine (C=N–C) groups is 1. The molecule has 0 fully saturated rings. The lowest BCUT2D eigenvalue weighted by molar-refractivity contribution is 0.423. The predicted octanol–water partition coefficient (Wildman–Crippen LogP) is 5.10. The lowest BCUT2D eigenvalue weighted by atomic mass is 9.79. The fourth-order valence-corrected chi connectivity index (χ4v) is 2.03.